The fourth-order valence-electron chi connectivity index (χ4n) is 2.63. The number of likely N-dealkylation sites (tertiary alicyclic amines) is 1. The third kappa shape index (κ3) is 5.04. The van der Waals surface area contributed by atoms with E-state index in [9.17, 15) is 13.2 Å². The van der Waals surface area contributed by atoms with Gasteiger partial charge in [0.05, 0.1) is 19.0 Å². The van der Waals surface area contributed by atoms with Gasteiger partial charge in [0.2, 0.25) is 0 Å². The molecule has 0 aliphatic carbocycles. The predicted molar refractivity (Wildman–Crippen MR) is 74.8 cm³/mol. The zero-order valence-electron chi connectivity index (χ0n) is 12.4. The molecule has 1 aromatic heterocycles. The number of nitrogens with one attached hydrogen (secondary N) is 1. The maximum atomic E-state index is 12.6. The van der Waals surface area contributed by atoms with Gasteiger partial charge in [0.25, 0.3) is 0 Å². The van der Waals surface area contributed by atoms with E-state index in [4.69, 9.17) is 4.42 Å². The molecule has 120 valence electrons. The first kappa shape index (κ1) is 16.4. The Morgan fingerprint density at radius 3 is 2.52 bits per heavy atom. The van der Waals surface area contributed by atoms with Crippen molar-refractivity contribution < 1.29 is 17.6 Å². The molecule has 0 aromatic carbocycles. The standard InChI is InChI=1S/C15H23F3N2O/c1-2-7-19-10-13-3-4-14(21-13)11-20-8-5-12(6-9-20)15(16,17)18/h3-4,12,19H,2,5-11H2,1H3. The summed E-state index contributed by atoms with van der Waals surface area (Å²) in [4.78, 5) is 2.03. The summed E-state index contributed by atoms with van der Waals surface area (Å²) >= 11 is 0. The zero-order valence-corrected chi connectivity index (χ0v) is 12.4. The van der Waals surface area contributed by atoms with Gasteiger partial charge in [0.1, 0.15) is 11.5 Å². The molecule has 21 heavy (non-hydrogen) atoms. The minimum absolute atomic E-state index is 0.190. The highest BCUT2D eigenvalue weighted by atomic mass is 19.4. The summed E-state index contributed by atoms with van der Waals surface area (Å²) < 4.78 is 43.5. The van der Waals surface area contributed by atoms with Gasteiger partial charge in [0, 0.05) is 0 Å². The maximum Gasteiger partial charge on any atom is 0.391 e. The number of rotatable bonds is 6. The second-order valence-corrected chi connectivity index (χ2v) is 5.64. The van der Waals surface area contributed by atoms with Crippen molar-refractivity contribution in [3.05, 3.63) is 23.7 Å². The Kier molecular flexibility index (Phi) is 5.70. The van der Waals surface area contributed by atoms with E-state index in [0.29, 0.717) is 26.2 Å². The lowest BCUT2D eigenvalue weighted by Gasteiger charge is -2.32. The molecule has 0 radical (unpaired) electrons. The van der Waals surface area contributed by atoms with Crippen molar-refractivity contribution in [2.45, 2.75) is 45.5 Å². The second-order valence-electron chi connectivity index (χ2n) is 5.64. The highest BCUT2D eigenvalue weighted by Crippen LogP contribution is 2.34. The Hall–Kier alpha value is -1.01. The van der Waals surface area contributed by atoms with Gasteiger partial charge in [-0.3, -0.25) is 4.90 Å². The summed E-state index contributed by atoms with van der Waals surface area (Å²) in [5, 5.41) is 3.26. The topological polar surface area (TPSA) is 28.4 Å². The van der Waals surface area contributed by atoms with Gasteiger partial charge in [0.15, 0.2) is 0 Å². The Balaban J connectivity index is 1.76. The smallest absolute Gasteiger partial charge is 0.391 e. The normalized spacial score (nSPS) is 18.3. The van der Waals surface area contributed by atoms with E-state index in [1.165, 1.54) is 0 Å². The molecule has 0 unspecified atom stereocenters. The summed E-state index contributed by atoms with van der Waals surface area (Å²) in [6.07, 6.45) is -2.60. The Morgan fingerprint density at radius 1 is 1.24 bits per heavy atom. The van der Waals surface area contributed by atoms with Crippen molar-refractivity contribution in [2.24, 2.45) is 5.92 Å². The average Bonchev–Trinajstić information content (AvgIpc) is 2.86. The molecule has 0 bridgehead atoms. The molecule has 1 fully saturated rings. The van der Waals surface area contributed by atoms with E-state index in [2.05, 4.69) is 12.2 Å². The molecule has 1 N–H and O–H groups in total. The molecule has 2 heterocycles. The average molecular weight is 304 g/mol. The van der Waals surface area contributed by atoms with E-state index in [1.54, 1.807) is 0 Å². The van der Waals surface area contributed by atoms with Gasteiger partial charge in [-0.1, -0.05) is 6.92 Å². The van der Waals surface area contributed by atoms with Crippen molar-refractivity contribution in [1.29, 1.82) is 0 Å². The van der Waals surface area contributed by atoms with Crippen LogP contribution in [0.5, 0.6) is 0 Å². The summed E-state index contributed by atoms with van der Waals surface area (Å²) in [6.45, 7) is 5.30. The monoisotopic (exact) mass is 304 g/mol. The molecule has 0 spiro atoms. The quantitative estimate of drug-likeness (QED) is 0.815. The van der Waals surface area contributed by atoms with Crippen LogP contribution in [-0.4, -0.2) is 30.7 Å². The molecule has 2 rings (SSSR count). The van der Waals surface area contributed by atoms with Crippen LogP contribution in [0, 0.1) is 5.92 Å². The van der Waals surface area contributed by atoms with E-state index >= 15 is 0 Å². The highest BCUT2D eigenvalue weighted by molar-refractivity contribution is 5.07. The van der Waals surface area contributed by atoms with Crippen LogP contribution in [0.4, 0.5) is 13.2 Å². The third-order valence-electron chi connectivity index (χ3n) is 3.87. The Bertz CT molecular complexity index is 423. The summed E-state index contributed by atoms with van der Waals surface area (Å²) in [5.74, 6) is 0.566. The molecule has 1 saturated heterocycles. The number of nitrogens with zero attached hydrogens (tertiary/aromatic N) is 1. The molecule has 3 nitrogen and oxygen atoms in total. The van der Waals surface area contributed by atoms with Crippen LogP contribution in [0.15, 0.2) is 16.5 Å². The van der Waals surface area contributed by atoms with Crippen LogP contribution in [0.25, 0.3) is 0 Å². The third-order valence-corrected chi connectivity index (χ3v) is 3.87. The van der Waals surface area contributed by atoms with Crippen molar-refractivity contribution >= 4 is 0 Å². The number of halogens is 3. The lowest BCUT2D eigenvalue weighted by Crippen LogP contribution is -2.38. The lowest BCUT2D eigenvalue weighted by atomic mass is 9.96. The molecular weight excluding hydrogens is 281 g/mol. The van der Waals surface area contributed by atoms with E-state index in [0.717, 1.165) is 24.5 Å². The molecule has 6 heteroatoms. The van der Waals surface area contributed by atoms with Gasteiger partial charge in [-0.15, -0.1) is 0 Å². The van der Waals surface area contributed by atoms with Crippen LogP contribution in [0.2, 0.25) is 0 Å². The van der Waals surface area contributed by atoms with Gasteiger partial charge >= 0.3 is 6.18 Å². The van der Waals surface area contributed by atoms with Crippen molar-refractivity contribution in [2.75, 3.05) is 19.6 Å². The first-order valence-corrected chi connectivity index (χ1v) is 7.56. The second kappa shape index (κ2) is 7.31. The predicted octanol–water partition coefficient (Wildman–Crippen LogP) is 3.55. The van der Waals surface area contributed by atoms with Gasteiger partial charge in [-0.25, -0.2) is 0 Å². The molecular formula is C15H23F3N2O. The van der Waals surface area contributed by atoms with Crippen LogP contribution in [0.3, 0.4) is 0 Å². The SMILES string of the molecule is CCCNCc1ccc(CN2CCC(C(F)(F)F)CC2)o1. The van der Waals surface area contributed by atoms with Crippen LogP contribution in [0.1, 0.15) is 37.7 Å². The van der Waals surface area contributed by atoms with E-state index in [-0.39, 0.29) is 12.8 Å². The van der Waals surface area contributed by atoms with Crippen LogP contribution in [-0.2, 0) is 13.1 Å². The number of alkyl halides is 3. The lowest BCUT2D eigenvalue weighted by molar-refractivity contribution is -0.185. The van der Waals surface area contributed by atoms with Crippen LogP contribution < -0.4 is 5.32 Å². The van der Waals surface area contributed by atoms with Crippen molar-refractivity contribution in [1.82, 2.24) is 10.2 Å². The maximum absolute atomic E-state index is 12.6. The van der Waals surface area contributed by atoms with Gasteiger partial charge < -0.3 is 9.73 Å². The zero-order chi connectivity index (χ0) is 15.3. The summed E-state index contributed by atoms with van der Waals surface area (Å²) in [7, 11) is 0. The Morgan fingerprint density at radius 2 is 1.90 bits per heavy atom. The minimum Gasteiger partial charge on any atom is -0.463 e. The Labute approximate surface area is 123 Å². The van der Waals surface area contributed by atoms with Crippen molar-refractivity contribution in [3.63, 3.8) is 0 Å². The minimum atomic E-state index is -4.05. The largest absolute Gasteiger partial charge is 0.463 e. The number of piperidine rings is 1. The molecule has 0 saturated carbocycles. The van der Waals surface area contributed by atoms with Gasteiger partial charge in [-0.2, -0.15) is 13.2 Å². The van der Waals surface area contributed by atoms with Crippen LogP contribution >= 0.6 is 0 Å². The van der Waals surface area contributed by atoms with E-state index < -0.39 is 12.1 Å². The highest BCUT2D eigenvalue weighted by Gasteiger charge is 2.41. The first-order valence-electron chi connectivity index (χ1n) is 7.56. The summed E-state index contributed by atoms with van der Waals surface area (Å²) in [6, 6.07) is 3.85. The fraction of sp³-hybridized carbons (Fsp3) is 0.733. The first-order chi connectivity index (χ1) is 9.99. The van der Waals surface area contributed by atoms with Crippen molar-refractivity contribution in [3.8, 4) is 0 Å². The molecule has 0 amide bonds. The number of furan rings is 1. The van der Waals surface area contributed by atoms with Gasteiger partial charge in [-0.05, 0) is 51.0 Å². The molecule has 1 aliphatic rings. The number of hydrogen-bond donors (Lipinski definition) is 1. The summed E-state index contributed by atoms with van der Waals surface area (Å²) in [5.41, 5.74) is 0. The molecule has 1 aliphatic heterocycles. The molecule has 0 atom stereocenters. The fourth-order valence-corrected chi connectivity index (χ4v) is 2.63. The van der Waals surface area contributed by atoms with E-state index in [1.807, 2.05) is 17.0 Å². The molecule has 1 aromatic rings. The number of hydrogen-bond acceptors (Lipinski definition) is 3.